The number of halogens is 2. The molecule has 0 saturated carbocycles. The summed E-state index contributed by atoms with van der Waals surface area (Å²) in [6.07, 6.45) is 4.31. The highest BCUT2D eigenvalue weighted by molar-refractivity contribution is 5.90. The highest BCUT2D eigenvalue weighted by Crippen LogP contribution is 2.31. The Labute approximate surface area is 158 Å². The topological polar surface area (TPSA) is 106 Å². The summed E-state index contributed by atoms with van der Waals surface area (Å²) in [4.78, 5) is 12.6. The Kier molecular flexibility index (Phi) is 4.31. The summed E-state index contributed by atoms with van der Waals surface area (Å²) < 4.78 is 30.1. The quantitative estimate of drug-likeness (QED) is 0.749. The highest BCUT2D eigenvalue weighted by atomic mass is 19.1. The minimum absolute atomic E-state index is 0.00309. The van der Waals surface area contributed by atoms with E-state index in [9.17, 15) is 8.78 Å². The second kappa shape index (κ2) is 6.81. The first-order valence-corrected chi connectivity index (χ1v) is 8.54. The molecule has 1 aliphatic rings. The molecule has 7 nitrogen and oxygen atoms in total. The number of nitrogens with two attached hydrogens (primary N) is 1. The lowest BCUT2D eigenvalue weighted by Gasteiger charge is -2.21. The monoisotopic (exact) mass is 379 g/mol. The van der Waals surface area contributed by atoms with Gasteiger partial charge in [0.15, 0.2) is 5.65 Å². The van der Waals surface area contributed by atoms with Crippen LogP contribution in [0.3, 0.4) is 0 Å². The number of allylic oxidation sites excluding steroid dienone is 4. The standard InChI is InChI=1S/C19H15F2N7/c1-10-2-3-14(20)13(16(10)21)9-28-18-12(8-25-28)17(26-19(23)27-18)15-6-11(7-22)4-5-24-15/h2-6,8,10,16H,9H2,1H3,(H2,23,26,27). The van der Waals surface area contributed by atoms with Crippen molar-refractivity contribution in [1.29, 1.82) is 5.26 Å². The molecule has 3 aromatic rings. The van der Waals surface area contributed by atoms with E-state index in [0.717, 1.165) is 0 Å². The molecule has 0 bridgehead atoms. The number of nitrogen functional groups attached to an aromatic ring is 1. The van der Waals surface area contributed by atoms with E-state index in [0.29, 0.717) is 28.0 Å². The van der Waals surface area contributed by atoms with Gasteiger partial charge in [0.1, 0.15) is 17.7 Å². The molecule has 9 heteroatoms. The molecule has 0 spiro atoms. The van der Waals surface area contributed by atoms with Crippen LogP contribution in [-0.4, -0.2) is 30.9 Å². The third-order valence-corrected chi connectivity index (χ3v) is 4.61. The second-order valence-electron chi connectivity index (χ2n) is 6.50. The molecular weight excluding hydrogens is 364 g/mol. The van der Waals surface area contributed by atoms with Crippen molar-refractivity contribution in [3.05, 3.63) is 53.6 Å². The zero-order chi connectivity index (χ0) is 19.8. The SMILES string of the molecule is CC1C=CC(F)=C(Cn2ncc3c(-c4cc(C#N)ccn4)nc(N)nc32)C1F. The number of nitriles is 1. The van der Waals surface area contributed by atoms with Crippen LogP contribution in [0.1, 0.15) is 12.5 Å². The molecule has 3 heterocycles. The van der Waals surface area contributed by atoms with Gasteiger partial charge in [0, 0.05) is 17.7 Å². The zero-order valence-electron chi connectivity index (χ0n) is 14.8. The largest absolute Gasteiger partial charge is 0.368 e. The number of pyridine rings is 1. The van der Waals surface area contributed by atoms with Crippen molar-refractivity contribution in [3.63, 3.8) is 0 Å². The molecule has 0 saturated heterocycles. The van der Waals surface area contributed by atoms with Crippen LogP contribution >= 0.6 is 0 Å². The maximum atomic E-state index is 14.5. The number of nitrogens with zero attached hydrogens (tertiary/aromatic N) is 6. The van der Waals surface area contributed by atoms with Gasteiger partial charge < -0.3 is 5.73 Å². The van der Waals surface area contributed by atoms with E-state index in [2.05, 4.69) is 20.1 Å². The van der Waals surface area contributed by atoms with Gasteiger partial charge >= 0.3 is 0 Å². The van der Waals surface area contributed by atoms with E-state index in [1.54, 1.807) is 19.1 Å². The Hall–Kier alpha value is -3.67. The van der Waals surface area contributed by atoms with Crippen molar-refractivity contribution >= 4 is 17.0 Å². The number of hydrogen-bond donors (Lipinski definition) is 1. The first-order chi connectivity index (χ1) is 13.5. The number of rotatable bonds is 3. The van der Waals surface area contributed by atoms with Crippen molar-refractivity contribution < 1.29 is 8.78 Å². The first-order valence-electron chi connectivity index (χ1n) is 8.54. The fraction of sp³-hybridized carbons (Fsp3) is 0.211. The lowest BCUT2D eigenvalue weighted by Crippen LogP contribution is -2.22. The first kappa shape index (κ1) is 17.7. The van der Waals surface area contributed by atoms with Crippen molar-refractivity contribution in [2.24, 2.45) is 5.92 Å². The average Bonchev–Trinajstić information content (AvgIpc) is 3.10. The highest BCUT2D eigenvalue weighted by Gasteiger charge is 2.27. The summed E-state index contributed by atoms with van der Waals surface area (Å²) in [5, 5.41) is 13.8. The van der Waals surface area contributed by atoms with E-state index in [1.807, 2.05) is 6.07 Å². The van der Waals surface area contributed by atoms with Gasteiger partial charge in [-0.05, 0) is 18.2 Å². The van der Waals surface area contributed by atoms with Crippen LogP contribution in [0.5, 0.6) is 0 Å². The molecule has 28 heavy (non-hydrogen) atoms. The van der Waals surface area contributed by atoms with Crippen LogP contribution in [0.25, 0.3) is 22.4 Å². The molecule has 2 unspecified atom stereocenters. The summed E-state index contributed by atoms with van der Waals surface area (Å²) in [5.74, 6) is -1.07. The molecule has 0 aliphatic heterocycles. The van der Waals surface area contributed by atoms with Crippen LogP contribution < -0.4 is 5.73 Å². The minimum atomic E-state index is -1.45. The molecule has 0 radical (unpaired) electrons. The fourth-order valence-corrected chi connectivity index (χ4v) is 3.13. The van der Waals surface area contributed by atoms with Gasteiger partial charge in [-0.2, -0.15) is 15.3 Å². The molecule has 1 aliphatic carbocycles. The van der Waals surface area contributed by atoms with Gasteiger partial charge in [-0.3, -0.25) is 4.98 Å². The van der Waals surface area contributed by atoms with Crippen LogP contribution in [0, 0.1) is 17.2 Å². The van der Waals surface area contributed by atoms with E-state index < -0.39 is 17.9 Å². The lowest BCUT2D eigenvalue weighted by molar-refractivity contribution is 0.295. The second-order valence-corrected chi connectivity index (χ2v) is 6.50. The van der Waals surface area contributed by atoms with Crippen LogP contribution in [0.15, 0.2) is 48.1 Å². The van der Waals surface area contributed by atoms with E-state index in [1.165, 1.54) is 29.2 Å². The van der Waals surface area contributed by atoms with Crippen LogP contribution in [-0.2, 0) is 6.54 Å². The Bertz CT molecular complexity index is 1170. The van der Waals surface area contributed by atoms with Crippen LogP contribution in [0.4, 0.5) is 14.7 Å². The van der Waals surface area contributed by atoms with Crippen molar-refractivity contribution in [2.75, 3.05) is 5.73 Å². The molecule has 0 amide bonds. The number of anilines is 1. The third-order valence-electron chi connectivity index (χ3n) is 4.61. The van der Waals surface area contributed by atoms with Crippen molar-refractivity contribution in [3.8, 4) is 17.5 Å². The predicted octanol–water partition coefficient (Wildman–Crippen LogP) is 3.11. The van der Waals surface area contributed by atoms with Gasteiger partial charge in [-0.1, -0.05) is 13.0 Å². The summed E-state index contributed by atoms with van der Waals surface area (Å²) in [6.45, 7) is 1.58. The number of alkyl halides is 1. The third kappa shape index (κ3) is 2.99. The number of hydrogen-bond acceptors (Lipinski definition) is 6. The Morgan fingerprint density at radius 3 is 2.96 bits per heavy atom. The maximum Gasteiger partial charge on any atom is 0.222 e. The van der Waals surface area contributed by atoms with Gasteiger partial charge in [0.25, 0.3) is 0 Å². The van der Waals surface area contributed by atoms with E-state index in [-0.39, 0.29) is 18.1 Å². The fourth-order valence-electron chi connectivity index (χ4n) is 3.13. The molecule has 0 aromatic carbocycles. The minimum Gasteiger partial charge on any atom is -0.368 e. The summed E-state index contributed by atoms with van der Waals surface area (Å²) in [7, 11) is 0. The molecule has 2 N–H and O–H groups in total. The number of fused-ring (bicyclic) bond motifs is 1. The molecule has 3 aromatic heterocycles. The molecule has 2 atom stereocenters. The Balaban J connectivity index is 1.82. The Morgan fingerprint density at radius 2 is 2.18 bits per heavy atom. The zero-order valence-corrected chi connectivity index (χ0v) is 14.8. The van der Waals surface area contributed by atoms with Crippen molar-refractivity contribution in [1.82, 2.24) is 24.7 Å². The normalized spacial score (nSPS) is 19.2. The molecule has 0 fully saturated rings. The predicted molar refractivity (Wildman–Crippen MR) is 99.0 cm³/mol. The lowest BCUT2D eigenvalue weighted by atomic mass is 9.93. The summed E-state index contributed by atoms with van der Waals surface area (Å²) >= 11 is 0. The van der Waals surface area contributed by atoms with E-state index in [4.69, 9.17) is 11.0 Å². The van der Waals surface area contributed by atoms with Gasteiger partial charge in [-0.15, -0.1) is 0 Å². The van der Waals surface area contributed by atoms with E-state index >= 15 is 0 Å². The average molecular weight is 379 g/mol. The molecular formula is C19H15F2N7. The molecule has 4 rings (SSSR count). The smallest absolute Gasteiger partial charge is 0.222 e. The maximum absolute atomic E-state index is 14.5. The van der Waals surface area contributed by atoms with Gasteiger partial charge in [0.05, 0.1) is 35.5 Å². The summed E-state index contributed by atoms with van der Waals surface area (Å²) in [6, 6.07) is 5.19. The number of aromatic nitrogens is 5. The van der Waals surface area contributed by atoms with Crippen LogP contribution in [0.2, 0.25) is 0 Å². The summed E-state index contributed by atoms with van der Waals surface area (Å²) in [5.41, 5.74) is 7.42. The molecule has 140 valence electrons. The van der Waals surface area contributed by atoms with Gasteiger partial charge in [-0.25, -0.2) is 18.4 Å². The van der Waals surface area contributed by atoms with Gasteiger partial charge in [0.2, 0.25) is 5.95 Å². The van der Waals surface area contributed by atoms with Crippen molar-refractivity contribution in [2.45, 2.75) is 19.6 Å². The Morgan fingerprint density at radius 1 is 1.36 bits per heavy atom.